The molecule has 0 amide bonds. The zero-order chi connectivity index (χ0) is 14.5. The fraction of sp³-hybridized carbons (Fsp3) is 0.714. The highest BCUT2D eigenvalue weighted by molar-refractivity contribution is 7.09. The molecule has 2 heterocycles. The summed E-state index contributed by atoms with van der Waals surface area (Å²) in [6.45, 7) is 7.02. The fourth-order valence-electron chi connectivity index (χ4n) is 2.21. The maximum atomic E-state index is 11.1. The summed E-state index contributed by atoms with van der Waals surface area (Å²) in [5.41, 5.74) is 0.945. The van der Waals surface area contributed by atoms with Crippen LogP contribution in [0.3, 0.4) is 0 Å². The number of carbonyl (C=O) groups is 1. The van der Waals surface area contributed by atoms with Gasteiger partial charge in [-0.05, 0) is 13.8 Å². The number of esters is 1. The molecule has 5 nitrogen and oxygen atoms in total. The number of morpholine rings is 1. The predicted molar refractivity (Wildman–Crippen MR) is 77.9 cm³/mol. The van der Waals surface area contributed by atoms with Crippen LogP contribution >= 0.6 is 11.3 Å². The van der Waals surface area contributed by atoms with Crippen molar-refractivity contribution < 1.29 is 14.3 Å². The highest BCUT2D eigenvalue weighted by Gasteiger charge is 2.25. The Balaban J connectivity index is 1.92. The molecule has 1 fully saturated rings. The molecule has 0 spiro atoms. The first-order chi connectivity index (χ1) is 9.60. The maximum Gasteiger partial charge on any atom is 0.305 e. The van der Waals surface area contributed by atoms with E-state index in [1.807, 2.05) is 5.38 Å². The number of hydrogen-bond donors (Lipinski definition) is 0. The molecule has 1 aliphatic heterocycles. The summed E-state index contributed by atoms with van der Waals surface area (Å²) >= 11 is 1.61. The summed E-state index contributed by atoms with van der Waals surface area (Å²) in [6.07, 6.45) is 1.07. The molecule has 2 rings (SSSR count). The number of rotatable bonds is 5. The van der Waals surface area contributed by atoms with Gasteiger partial charge in [0.25, 0.3) is 0 Å². The van der Waals surface area contributed by atoms with Crippen LogP contribution in [0.4, 0.5) is 0 Å². The molecule has 0 N–H and O–H groups in total. The van der Waals surface area contributed by atoms with Crippen LogP contribution in [0, 0.1) is 0 Å². The molecule has 1 aromatic heterocycles. The van der Waals surface area contributed by atoms with Crippen molar-refractivity contribution in [2.75, 3.05) is 26.8 Å². The van der Waals surface area contributed by atoms with E-state index in [0.29, 0.717) is 18.9 Å². The molecule has 0 bridgehead atoms. The van der Waals surface area contributed by atoms with Crippen molar-refractivity contribution >= 4 is 17.3 Å². The third kappa shape index (κ3) is 4.01. The predicted octanol–water partition coefficient (Wildman–Crippen LogP) is 2.03. The van der Waals surface area contributed by atoms with Crippen molar-refractivity contribution in [2.24, 2.45) is 0 Å². The van der Waals surface area contributed by atoms with Gasteiger partial charge in [0.15, 0.2) is 0 Å². The van der Waals surface area contributed by atoms with Crippen LogP contribution in [-0.2, 0) is 20.7 Å². The quantitative estimate of drug-likeness (QED) is 0.779. The van der Waals surface area contributed by atoms with E-state index in [1.54, 1.807) is 11.3 Å². The summed E-state index contributed by atoms with van der Waals surface area (Å²) in [5, 5.41) is 3.02. The van der Waals surface area contributed by atoms with Gasteiger partial charge in [0.1, 0.15) is 11.1 Å². The molecular formula is C14H22N2O3S. The largest absolute Gasteiger partial charge is 0.469 e. The normalized spacial score (nSPS) is 20.3. The zero-order valence-electron chi connectivity index (χ0n) is 12.3. The summed E-state index contributed by atoms with van der Waals surface area (Å²) in [5.74, 6) is -0.195. The van der Waals surface area contributed by atoms with Crippen LogP contribution in [0.1, 0.15) is 37.1 Å². The van der Waals surface area contributed by atoms with E-state index in [2.05, 4.69) is 28.5 Å². The second-order valence-electron chi connectivity index (χ2n) is 5.20. The Labute approximate surface area is 123 Å². The van der Waals surface area contributed by atoms with Gasteiger partial charge in [-0.2, -0.15) is 0 Å². The smallest absolute Gasteiger partial charge is 0.305 e. The number of thiazole rings is 1. The first-order valence-corrected chi connectivity index (χ1v) is 7.85. The highest BCUT2D eigenvalue weighted by Crippen LogP contribution is 2.26. The van der Waals surface area contributed by atoms with Gasteiger partial charge in [-0.1, -0.05) is 0 Å². The third-order valence-corrected chi connectivity index (χ3v) is 4.47. The Bertz CT molecular complexity index is 447. The lowest BCUT2D eigenvalue weighted by molar-refractivity contribution is -0.140. The lowest BCUT2D eigenvalue weighted by atomic mass is 10.2. The van der Waals surface area contributed by atoms with Crippen molar-refractivity contribution in [3.05, 3.63) is 16.1 Å². The van der Waals surface area contributed by atoms with E-state index in [9.17, 15) is 4.79 Å². The molecule has 0 aromatic carbocycles. The van der Waals surface area contributed by atoms with E-state index >= 15 is 0 Å². The lowest BCUT2D eigenvalue weighted by Crippen LogP contribution is -2.42. The number of hydrogen-bond acceptors (Lipinski definition) is 6. The summed E-state index contributed by atoms with van der Waals surface area (Å²) in [4.78, 5) is 18.1. The first-order valence-electron chi connectivity index (χ1n) is 6.97. The Morgan fingerprint density at radius 2 is 2.45 bits per heavy atom. The minimum absolute atomic E-state index is 0.0584. The summed E-state index contributed by atoms with van der Waals surface area (Å²) in [6, 6.07) is 0.528. The van der Waals surface area contributed by atoms with Crippen molar-refractivity contribution in [3.8, 4) is 0 Å². The third-order valence-electron chi connectivity index (χ3n) is 3.49. The van der Waals surface area contributed by atoms with Gasteiger partial charge in [0, 0.05) is 30.9 Å². The maximum absolute atomic E-state index is 11.1. The van der Waals surface area contributed by atoms with Crippen molar-refractivity contribution in [1.82, 2.24) is 9.88 Å². The molecule has 112 valence electrons. The Morgan fingerprint density at radius 1 is 1.65 bits per heavy atom. The molecule has 1 saturated heterocycles. The number of ether oxygens (including phenoxy) is 2. The van der Waals surface area contributed by atoms with E-state index in [1.165, 1.54) is 7.11 Å². The molecule has 20 heavy (non-hydrogen) atoms. The van der Waals surface area contributed by atoms with Crippen molar-refractivity contribution in [1.29, 1.82) is 0 Å². The molecule has 0 aliphatic carbocycles. The van der Waals surface area contributed by atoms with Gasteiger partial charge < -0.3 is 9.47 Å². The van der Waals surface area contributed by atoms with Crippen LogP contribution in [0.15, 0.2) is 5.38 Å². The van der Waals surface area contributed by atoms with E-state index in [-0.39, 0.29) is 12.1 Å². The standard InChI is InChI=1S/C14H22N2O3S/c1-10(2)16-6-7-19-12(8-16)14-15-11(9-20-14)4-5-13(17)18-3/h9-10,12H,4-8H2,1-3H3. The van der Waals surface area contributed by atoms with E-state index in [0.717, 1.165) is 30.4 Å². The van der Waals surface area contributed by atoms with Crippen molar-refractivity contribution in [2.45, 2.75) is 38.8 Å². The second kappa shape index (κ2) is 7.15. The first kappa shape index (κ1) is 15.4. The molecular weight excluding hydrogens is 276 g/mol. The molecule has 0 radical (unpaired) electrons. The van der Waals surface area contributed by atoms with Gasteiger partial charge in [-0.15, -0.1) is 11.3 Å². The van der Waals surface area contributed by atoms with Crippen LogP contribution in [0.25, 0.3) is 0 Å². The number of aryl methyl sites for hydroxylation is 1. The Hall–Kier alpha value is -0.980. The Kier molecular flexibility index (Phi) is 5.51. The van der Waals surface area contributed by atoms with E-state index < -0.39 is 0 Å². The number of aromatic nitrogens is 1. The SMILES string of the molecule is COC(=O)CCc1csc(C2CN(C(C)C)CCO2)n1. The number of nitrogens with zero attached hydrogens (tertiary/aromatic N) is 2. The van der Waals surface area contributed by atoms with Crippen molar-refractivity contribution in [3.63, 3.8) is 0 Å². The van der Waals surface area contributed by atoms with Crippen LogP contribution in [-0.4, -0.2) is 48.7 Å². The van der Waals surface area contributed by atoms with Crippen LogP contribution < -0.4 is 0 Å². The average molecular weight is 298 g/mol. The fourth-order valence-corrected chi connectivity index (χ4v) is 3.10. The number of carbonyl (C=O) groups excluding carboxylic acids is 1. The van der Waals surface area contributed by atoms with E-state index in [4.69, 9.17) is 4.74 Å². The molecule has 1 aliphatic rings. The summed E-state index contributed by atoms with van der Waals surface area (Å²) < 4.78 is 10.5. The molecule has 0 saturated carbocycles. The number of methoxy groups -OCH3 is 1. The second-order valence-corrected chi connectivity index (χ2v) is 6.09. The molecule has 1 aromatic rings. The topological polar surface area (TPSA) is 51.7 Å². The molecule has 1 atom stereocenters. The summed E-state index contributed by atoms with van der Waals surface area (Å²) in [7, 11) is 1.41. The van der Waals surface area contributed by atoms with Gasteiger partial charge in [0.2, 0.25) is 0 Å². The van der Waals surface area contributed by atoms with Gasteiger partial charge >= 0.3 is 5.97 Å². The molecule has 6 heteroatoms. The lowest BCUT2D eigenvalue weighted by Gasteiger charge is -2.34. The minimum Gasteiger partial charge on any atom is -0.469 e. The van der Waals surface area contributed by atoms with Crippen LogP contribution in [0.5, 0.6) is 0 Å². The zero-order valence-corrected chi connectivity index (χ0v) is 13.1. The Morgan fingerprint density at radius 3 is 3.15 bits per heavy atom. The average Bonchev–Trinajstić information content (AvgIpc) is 2.93. The minimum atomic E-state index is -0.195. The highest BCUT2D eigenvalue weighted by atomic mass is 32.1. The van der Waals surface area contributed by atoms with Gasteiger partial charge in [0.05, 0.1) is 25.8 Å². The van der Waals surface area contributed by atoms with Gasteiger partial charge in [-0.25, -0.2) is 4.98 Å². The molecule has 1 unspecified atom stereocenters. The van der Waals surface area contributed by atoms with Gasteiger partial charge in [-0.3, -0.25) is 9.69 Å². The van der Waals surface area contributed by atoms with Crippen LogP contribution in [0.2, 0.25) is 0 Å². The monoisotopic (exact) mass is 298 g/mol.